The van der Waals surface area contributed by atoms with Gasteiger partial charge in [-0.05, 0) is 31.1 Å². The zero-order valence-corrected chi connectivity index (χ0v) is 48.9. The third-order valence-corrected chi connectivity index (χ3v) is 15.0. The average Bonchev–Trinajstić information content (AvgIpc) is 3.35. The molecule has 0 aromatic rings. The Labute approximate surface area is 444 Å². The van der Waals surface area contributed by atoms with Gasteiger partial charge in [0.25, 0.3) is 0 Å². The van der Waals surface area contributed by atoms with E-state index in [-0.39, 0.29) is 31.1 Å². The Morgan fingerprint density at radius 2 is 0.465 bits per heavy atom. The fourth-order valence-corrected chi connectivity index (χ4v) is 10.1. The maximum Gasteiger partial charge on any atom is 0.306 e. The van der Waals surface area contributed by atoms with Crippen molar-refractivity contribution in [1.29, 1.82) is 0 Å². The number of esters is 3. The Kier molecular flexibility index (Phi) is 56.4. The van der Waals surface area contributed by atoms with E-state index in [1.807, 2.05) is 0 Å². The van der Waals surface area contributed by atoms with E-state index >= 15 is 0 Å². The Balaban J connectivity index is 4.25. The van der Waals surface area contributed by atoms with Gasteiger partial charge in [-0.2, -0.15) is 0 Å². The molecule has 71 heavy (non-hydrogen) atoms. The Bertz CT molecular complexity index is 1090. The third kappa shape index (κ3) is 59.2. The monoisotopic (exact) mass is 1000 g/mol. The van der Waals surface area contributed by atoms with Crippen molar-refractivity contribution in [3.63, 3.8) is 0 Å². The highest BCUT2D eigenvalue weighted by Gasteiger charge is 2.19. The van der Waals surface area contributed by atoms with E-state index in [1.165, 1.54) is 257 Å². The van der Waals surface area contributed by atoms with Crippen LogP contribution < -0.4 is 0 Å². The lowest BCUT2D eigenvalue weighted by molar-refractivity contribution is -0.167. The molecule has 0 aromatic heterocycles. The van der Waals surface area contributed by atoms with Gasteiger partial charge in [-0.25, -0.2) is 0 Å². The molecule has 0 rings (SSSR count). The minimum absolute atomic E-state index is 0.0617. The van der Waals surface area contributed by atoms with Gasteiger partial charge in [-0.1, -0.05) is 330 Å². The van der Waals surface area contributed by atoms with Crippen molar-refractivity contribution >= 4 is 17.9 Å². The highest BCUT2D eigenvalue weighted by molar-refractivity contribution is 5.71. The minimum atomic E-state index is -0.763. The maximum absolute atomic E-state index is 12.9. The fourth-order valence-electron chi connectivity index (χ4n) is 10.1. The summed E-state index contributed by atoms with van der Waals surface area (Å²) in [5.74, 6) is 0.878. The van der Waals surface area contributed by atoms with Crippen LogP contribution >= 0.6 is 0 Å². The van der Waals surface area contributed by atoms with Crippen LogP contribution in [0.1, 0.15) is 369 Å². The molecule has 0 bridgehead atoms. The van der Waals surface area contributed by atoms with Crippen molar-refractivity contribution < 1.29 is 28.6 Å². The van der Waals surface area contributed by atoms with Crippen LogP contribution in [0.5, 0.6) is 0 Å². The number of hydrogen-bond donors (Lipinski definition) is 0. The smallest absolute Gasteiger partial charge is 0.306 e. The topological polar surface area (TPSA) is 78.9 Å². The second-order valence-corrected chi connectivity index (χ2v) is 23.4. The Hall–Kier alpha value is -1.59. The maximum atomic E-state index is 12.9. The van der Waals surface area contributed by atoms with Gasteiger partial charge in [0.2, 0.25) is 0 Å². The van der Waals surface area contributed by atoms with Crippen molar-refractivity contribution in [2.45, 2.75) is 375 Å². The van der Waals surface area contributed by atoms with Crippen LogP contribution in [0.3, 0.4) is 0 Å². The zero-order valence-electron chi connectivity index (χ0n) is 48.9. The standard InChI is InChI=1S/C65H126O6/c1-6-7-8-9-10-11-12-13-25-32-37-42-47-52-57-65(68)71-62(59-70-64(67)56-51-46-41-36-31-27-22-18-20-24-29-34-39-44-49-54-61(4)5)58-69-63(66)55-50-45-40-35-30-26-21-17-15-14-16-19-23-28-33-38-43-48-53-60(2)3/h60-62H,6-59H2,1-5H3/t62-/m0/s1. The van der Waals surface area contributed by atoms with Gasteiger partial charge in [0.1, 0.15) is 13.2 Å². The molecule has 6 nitrogen and oxygen atoms in total. The normalized spacial score (nSPS) is 12.0. The summed E-state index contributed by atoms with van der Waals surface area (Å²) in [6, 6.07) is 0. The van der Waals surface area contributed by atoms with E-state index < -0.39 is 6.10 Å². The second-order valence-electron chi connectivity index (χ2n) is 23.4. The second kappa shape index (κ2) is 57.7. The molecule has 0 radical (unpaired) electrons. The highest BCUT2D eigenvalue weighted by atomic mass is 16.6. The summed E-state index contributed by atoms with van der Waals surface area (Å²) in [6.07, 6.45) is 63.9. The first kappa shape index (κ1) is 69.4. The molecule has 0 fully saturated rings. The van der Waals surface area contributed by atoms with E-state index in [1.54, 1.807) is 0 Å². The Morgan fingerprint density at radius 1 is 0.268 bits per heavy atom. The van der Waals surface area contributed by atoms with E-state index in [0.29, 0.717) is 19.3 Å². The zero-order chi connectivity index (χ0) is 51.8. The molecule has 0 aliphatic rings. The first-order valence-electron chi connectivity index (χ1n) is 32.2. The van der Waals surface area contributed by atoms with Crippen LogP contribution in [0.15, 0.2) is 0 Å². The number of ether oxygens (including phenoxy) is 3. The lowest BCUT2D eigenvalue weighted by Crippen LogP contribution is -2.30. The first-order valence-corrected chi connectivity index (χ1v) is 32.2. The van der Waals surface area contributed by atoms with Crippen LogP contribution in [-0.2, 0) is 28.6 Å². The summed E-state index contributed by atoms with van der Waals surface area (Å²) in [5.41, 5.74) is 0. The molecular weight excluding hydrogens is 877 g/mol. The van der Waals surface area contributed by atoms with Crippen LogP contribution in [-0.4, -0.2) is 37.2 Å². The van der Waals surface area contributed by atoms with Gasteiger partial charge in [0.05, 0.1) is 0 Å². The molecule has 1 atom stereocenters. The molecular formula is C65H126O6. The predicted octanol–water partition coefficient (Wildman–Crippen LogP) is 21.6. The number of hydrogen-bond acceptors (Lipinski definition) is 6. The average molecular weight is 1000 g/mol. The lowest BCUT2D eigenvalue weighted by Gasteiger charge is -2.18. The predicted molar refractivity (Wildman–Crippen MR) is 307 cm³/mol. The van der Waals surface area contributed by atoms with Crippen LogP contribution in [0.2, 0.25) is 0 Å². The molecule has 0 aromatic carbocycles. The summed E-state index contributed by atoms with van der Waals surface area (Å²) in [7, 11) is 0. The summed E-state index contributed by atoms with van der Waals surface area (Å²) >= 11 is 0. The van der Waals surface area contributed by atoms with Crippen molar-refractivity contribution in [1.82, 2.24) is 0 Å². The van der Waals surface area contributed by atoms with Gasteiger partial charge in [0.15, 0.2) is 6.10 Å². The minimum Gasteiger partial charge on any atom is -0.462 e. The van der Waals surface area contributed by atoms with E-state index in [4.69, 9.17) is 14.2 Å². The third-order valence-electron chi connectivity index (χ3n) is 15.0. The largest absolute Gasteiger partial charge is 0.462 e. The summed E-state index contributed by atoms with van der Waals surface area (Å²) in [4.78, 5) is 38.3. The molecule has 0 saturated heterocycles. The van der Waals surface area contributed by atoms with E-state index in [2.05, 4.69) is 34.6 Å². The van der Waals surface area contributed by atoms with E-state index in [9.17, 15) is 14.4 Å². The Morgan fingerprint density at radius 3 is 0.690 bits per heavy atom. The van der Waals surface area contributed by atoms with Gasteiger partial charge in [0, 0.05) is 19.3 Å². The van der Waals surface area contributed by atoms with E-state index in [0.717, 1.165) is 69.6 Å². The molecule has 6 heteroatoms. The van der Waals surface area contributed by atoms with Gasteiger partial charge >= 0.3 is 17.9 Å². The first-order chi connectivity index (χ1) is 34.7. The van der Waals surface area contributed by atoms with Crippen LogP contribution in [0.4, 0.5) is 0 Å². The van der Waals surface area contributed by atoms with Crippen molar-refractivity contribution in [2.24, 2.45) is 11.8 Å². The quantitative estimate of drug-likeness (QED) is 0.0343. The molecule has 0 spiro atoms. The molecule has 0 aliphatic heterocycles. The fraction of sp³-hybridized carbons (Fsp3) is 0.954. The number of unbranched alkanes of at least 4 members (excludes halogenated alkanes) is 44. The van der Waals surface area contributed by atoms with Crippen molar-refractivity contribution in [3.05, 3.63) is 0 Å². The molecule has 0 N–H and O–H groups in total. The number of carbonyl (C=O) groups is 3. The van der Waals surface area contributed by atoms with Crippen LogP contribution in [0.25, 0.3) is 0 Å². The highest BCUT2D eigenvalue weighted by Crippen LogP contribution is 2.19. The number of carbonyl (C=O) groups excluding carboxylic acids is 3. The molecule has 0 amide bonds. The number of rotatable bonds is 59. The lowest BCUT2D eigenvalue weighted by atomic mass is 10.0. The molecule has 0 heterocycles. The molecule has 0 aliphatic carbocycles. The molecule has 0 saturated carbocycles. The van der Waals surface area contributed by atoms with Gasteiger partial charge in [-0.3, -0.25) is 14.4 Å². The molecule has 422 valence electrons. The van der Waals surface area contributed by atoms with Crippen molar-refractivity contribution in [2.75, 3.05) is 13.2 Å². The summed E-state index contributed by atoms with van der Waals surface area (Å²) in [5, 5.41) is 0. The summed E-state index contributed by atoms with van der Waals surface area (Å²) in [6.45, 7) is 11.5. The molecule has 0 unspecified atom stereocenters. The van der Waals surface area contributed by atoms with Crippen LogP contribution in [0, 0.1) is 11.8 Å². The summed E-state index contributed by atoms with van der Waals surface area (Å²) < 4.78 is 17.0. The SMILES string of the molecule is CCCCCCCCCCCCCCCCC(=O)O[C@@H](COC(=O)CCCCCCCCCCCCCCCCCCCCC(C)C)COC(=O)CCCCCCCCCCCCCCCCCC(C)C. The van der Waals surface area contributed by atoms with Crippen molar-refractivity contribution in [3.8, 4) is 0 Å². The van der Waals surface area contributed by atoms with Gasteiger partial charge in [-0.15, -0.1) is 0 Å². The van der Waals surface area contributed by atoms with Gasteiger partial charge < -0.3 is 14.2 Å².